The van der Waals surface area contributed by atoms with Crippen LogP contribution in [0.4, 0.5) is 0 Å². The maximum Gasteiger partial charge on any atom is 0.311 e. The summed E-state index contributed by atoms with van der Waals surface area (Å²) < 4.78 is 4.97. The van der Waals surface area contributed by atoms with E-state index in [1.807, 2.05) is 19.9 Å². The molecule has 4 nitrogen and oxygen atoms in total. The SMILES string of the molecule is COC(=O)C(C)(C)CCC(C)C(C)(C)C(C)(CC(C)(C)C)C(=O)Cc1cccc(O)c1. The Balaban J connectivity index is 3.21. The van der Waals surface area contributed by atoms with Gasteiger partial charge in [-0.15, -0.1) is 0 Å². The molecule has 2 atom stereocenters. The molecule has 0 aliphatic rings. The molecule has 0 saturated carbocycles. The highest BCUT2D eigenvalue weighted by atomic mass is 16.5. The molecule has 0 bridgehead atoms. The van der Waals surface area contributed by atoms with Gasteiger partial charge >= 0.3 is 5.97 Å². The fourth-order valence-electron chi connectivity index (χ4n) is 4.65. The van der Waals surface area contributed by atoms with E-state index in [2.05, 4.69) is 48.5 Å². The van der Waals surface area contributed by atoms with Crippen LogP contribution in [0.5, 0.6) is 5.75 Å². The van der Waals surface area contributed by atoms with Gasteiger partial charge in [0.1, 0.15) is 11.5 Å². The van der Waals surface area contributed by atoms with Gasteiger partial charge in [-0.25, -0.2) is 0 Å². The molecule has 0 radical (unpaired) electrons. The highest BCUT2D eigenvalue weighted by Crippen LogP contribution is 2.53. The number of rotatable bonds is 10. The number of carbonyl (C=O) groups excluding carboxylic acids is 2. The zero-order chi connectivity index (χ0) is 24.3. The van der Waals surface area contributed by atoms with Gasteiger partial charge in [0.05, 0.1) is 12.5 Å². The van der Waals surface area contributed by atoms with Crippen LogP contribution in [0.25, 0.3) is 0 Å². The first-order valence-electron chi connectivity index (χ1n) is 11.4. The van der Waals surface area contributed by atoms with Crippen molar-refractivity contribution in [2.24, 2.45) is 27.6 Å². The molecular weight excluding hydrogens is 388 g/mol. The Morgan fingerprint density at radius 2 is 1.61 bits per heavy atom. The minimum Gasteiger partial charge on any atom is -0.508 e. The van der Waals surface area contributed by atoms with Crippen LogP contribution in [0.2, 0.25) is 0 Å². The Hall–Kier alpha value is -1.84. The van der Waals surface area contributed by atoms with Gasteiger partial charge in [0.15, 0.2) is 0 Å². The lowest BCUT2D eigenvalue weighted by Crippen LogP contribution is -2.49. The first-order valence-corrected chi connectivity index (χ1v) is 11.4. The molecule has 0 heterocycles. The van der Waals surface area contributed by atoms with E-state index in [0.717, 1.165) is 18.4 Å². The van der Waals surface area contributed by atoms with E-state index >= 15 is 0 Å². The summed E-state index contributed by atoms with van der Waals surface area (Å²) >= 11 is 0. The lowest BCUT2D eigenvalue weighted by molar-refractivity contribution is -0.152. The van der Waals surface area contributed by atoms with E-state index in [1.54, 1.807) is 18.2 Å². The summed E-state index contributed by atoms with van der Waals surface area (Å²) in [5, 5.41) is 9.83. The molecule has 31 heavy (non-hydrogen) atoms. The average Bonchev–Trinajstić information content (AvgIpc) is 2.63. The second-order valence-electron chi connectivity index (χ2n) is 11.9. The molecule has 0 aliphatic heterocycles. The van der Waals surface area contributed by atoms with Gasteiger partial charge in [0.25, 0.3) is 0 Å². The van der Waals surface area contributed by atoms with Gasteiger partial charge in [-0.1, -0.05) is 60.6 Å². The van der Waals surface area contributed by atoms with Crippen molar-refractivity contribution in [1.82, 2.24) is 0 Å². The zero-order valence-corrected chi connectivity index (χ0v) is 21.4. The van der Waals surface area contributed by atoms with Crippen molar-refractivity contribution in [3.8, 4) is 5.75 Å². The van der Waals surface area contributed by atoms with Crippen LogP contribution < -0.4 is 0 Å². The van der Waals surface area contributed by atoms with E-state index in [9.17, 15) is 14.7 Å². The third-order valence-electron chi connectivity index (χ3n) is 7.37. The largest absolute Gasteiger partial charge is 0.508 e. The fraction of sp³-hybridized carbons (Fsp3) is 0.704. The lowest BCUT2D eigenvalue weighted by atomic mass is 9.53. The number of hydrogen-bond donors (Lipinski definition) is 1. The minimum atomic E-state index is -0.564. The highest BCUT2D eigenvalue weighted by molar-refractivity contribution is 5.87. The molecule has 4 heteroatoms. The predicted molar refractivity (Wildman–Crippen MR) is 127 cm³/mol. The number of benzene rings is 1. The predicted octanol–water partition coefficient (Wildman–Crippen LogP) is 6.59. The molecule has 176 valence electrons. The summed E-state index contributed by atoms with van der Waals surface area (Å²) in [6.45, 7) is 19.0. The molecule has 0 aromatic heterocycles. The normalized spacial score (nSPS) is 15.8. The quantitative estimate of drug-likeness (QED) is 0.424. The van der Waals surface area contributed by atoms with Gasteiger partial charge in [0.2, 0.25) is 0 Å². The van der Waals surface area contributed by atoms with Crippen LogP contribution in [0.15, 0.2) is 24.3 Å². The van der Waals surface area contributed by atoms with Gasteiger partial charge in [0, 0.05) is 11.8 Å². The van der Waals surface area contributed by atoms with E-state index in [4.69, 9.17) is 4.74 Å². The Bertz CT molecular complexity index is 770. The smallest absolute Gasteiger partial charge is 0.311 e. The standard InChI is InChI=1S/C27H44O4/c1-19(14-15-25(5,6)23(30)31-10)26(7,8)27(9,18-24(2,3)4)22(29)17-20-12-11-13-21(28)16-20/h11-13,16,19,28H,14-15,17-18H2,1-10H3. The third kappa shape index (κ3) is 6.82. The number of Topliss-reactive ketones (excluding diaryl/α,β-unsaturated/α-hetero) is 1. The number of esters is 1. The molecule has 0 spiro atoms. The van der Waals surface area contributed by atoms with Crippen LogP contribution in [0.1, 0.15) is 87.1 Å². The number of aromatic hydroxyl groups is 1. The van der Waals surface area contributed by atoms with Crippen molar-refractivity contribution in [1.29, 1.82) is 0 Å². The first-order chi connectivity index (χ1) is 14.0. The Morgan fingerprint density at radius 1 is 1.03 bits per heavy atom. The molecule has 0 amide bonds. The Kier molecular flexibility index (Phi) is 8.55. The van der Waals surface area contributed by atoms with Crippen molar-refractivity contribution in [3.05, 3.63) is 29.8 Å². The molecule has 1 rings (SSSR count). The van der Waals surface area contributed by atoms with E-state index in [-0.39, 0.29) is 34.2 Å². The summed E-state index contributed by atoms with van der Waals surface area (Å²) in [7, 11) is 1.43. The van der Waals surface area contributed by atoms with Gasteiger partial charge in [-0.3, -0.25) is 9.59 Å². The number of ether oxygens (including phenoxy) is 1. The van der Waals surface area contributed by atoms with E-state index in [0.29, 0.717) is 12.8 Å². The van der Waals surface area contributed by atoms with Gasteiger partial charge in [-0.05, 0) is 67.6 Å². The monoisotopic (exact) mass is 432 g/mol. The molecular formula is C27H44O4. The maximum atomic E-state index is 13.8. The molecule has 0 fully saturated rings. The van der Waals surface area contributed by atoms with Crippen molar-refractivity contribution in [2.75, 3.05) is 7.11 Å². The molecule has 2 unspecified atom stereocenters. The third-order valence-corrected chi connectivity index (χ3v) is 7.37. The topological polar surface area (TPSA) is 63.6 Å². The Labute approximate surface area is 189 Å². The summed E-state index contributed by atoms with van der Waals surface area (Å²) in [6, 6.07) is 6.97. The molecule has 0 aliphatic carbocycles. The maximum absolute atomic E-state index is 13.8. The van der Waals surface area contributed by atoms with Gasteiger partial charge in [-0.2, -0.15) is 0 Å². The van der Waals surface area contributed by atoms with Crippen molar-refractivity contribution >= 4 is 11.8 Å². The fourth-order valence-corrected chi connectivity index (χ4v) is 4.65. The van der Waals surface area contributed by atoms with Crippen LogP contribution in [-0.2, 0) is 20.7 Å². The molecule has 1 N–H and O–H groups in total. The summed E-state index contributed by atoms with van der Waals surface area (Å²) in [6.07, 6.45) is 2.59. The summed E-state index contributed by atoms with van der Waals surface area (Å²) in [5.74, 6) is 0.393. The number of phenols is 1. The molecule has 0 saturated heterocycles. The average molecular weight is 433 g/mol. The lowest BCUT2D eigenvalue weighted by Gasteiger charge is -2.50. The zero-order valence-electron chi connectivity index (χ0n) is 21.4. The van der Waals surface area contributed by atoms with Crippen LogP contribution in [0, 0.1) is 27.6 Å². The molecule has 1 aromatic rings. The van der Waals surface area contributed by atoms with Crippen molar-refractivity contribution in [3.63, 3.8) is 0 Å². The first kappa shape index (κ1) is 27.2. The minimum absolute atomic E-state index is 0.0223. The second kappa shape index (κ2) is 9.75. The number of phenolic OH excluding ortho intramolecular Hbond substituents is 1. The van der Waals surface area contributed by atoms with Gasteiger partial charge < -0.3 is 9.84 Å². The Morgan fingerprint density at radius 3 is 2.10 bits per heavy atom. The van der Waals surface area contributed by atoms with Crippen LogP contribution in [-0.4, -0.2) is 24.0 Å². The van der Waals surface area contributed by atoms with Crippen LogP contribution in [0.3, 0.4) is 0 Å². The van der Waals surface area contributed by atoms with Crippen molar-refractivity contribution < 1.29 is 19.4 Å². The van der Waals surface area contributed by atoms with Crippen LogP contribution >= 0.6 is 0 Å². The van der Waals surface area contributed by atoms with Crippen molar-refractivity contribution in [2.45, 2.75) is 88.0 Å². The van der Waals surface area contributed by atoms with E-state index in [1.165, 1.54) is 7.11 Å². The second-order valence-corrected chi connectivity index (χ2v) is 11.9. The van der Waals surface area contributed by atoms with E-state index < -0.39 is 10.8 Å². The number of carbonyl (C=O) groups is 2. The number of ketones is 1. The molecule has 1 aromatic carbocycles. The highest BCUT2D eigenvalue weighted by Gasteiger charge is 2.50. The summed E-state index contributed by atoms with van der Waals surface area (Å²) in [4.78, 5) is 25.9. The summed E-state index contributed by atoms with van der Waals surface area (Å²) in [5.41, 5.74) is -0.594. The number of hydrogen-bond acceptors (Lipinski definition) is 4. The number of methoxy groups -OCH3 is 1.